The van der Waals surface area contributed by atoms with E-state index < -0.39 is 0 Å². The van der Waals surface area contributed by atoms with Crippen molar-refractivity contribution in [3.63, 3.8) is 0 Å². The lowest BCUT2D eigenvalue weighted by molar-refractivity contribution is -0.263. The van der Waals surface area contributed by atoms with Gasteiger partial charge in [-0.15, -0.1) is 0 Å². The average molecular weight is 315 g/mol. The van der Waals surface area contributed by atoms with E-state index in [-0.39, 0.29) is 11.9 Å². The van der Waals surface area contributed by atoms with Gasteiger partial charge in [-0.2, -0.15) is 0 Å². The smallest absolute Gasteiger partial charge is 0.251 e. The van der Waals surface area contributed by atoms with Gasteiger partial charge < -0.3 is 15.1 Å². The fraction of sp³-hybridized carbons (Fsp3) is 0.471. The lowest BCUT2D eigenvalue weighted by Gasteiger charge is -2.44. The molecule has 3 fully saturated rings. The van der Waals surface area contributed by atoms with Gasteiger partial charge >= 0.3 is 0 Å². The predicted octanol–water partition coefficient (Wildman–Crippen LogP) is 1.57. The minimum atomic E-state index is -0.0351. The van der Waals surface area contributed by atoms with E-state index >= 15 is 0 Å². The first-order valence-corrected chi connectivity index (χ1v) is 8.18. The van der Waals surface area contributed by atoms with Crippen LogP contribution in [0.5, 0.6) is 5.75 Å². The number of amides is 1. The Kier molecular flexibility index (Phi) is 3.93. The van der Waals surface area contributed by atoms with Crippen molar-refractivity contribution >= 4 is 5.91 Å². The number of hydrogen-bond acceptors (Lipinski definition) is 5. The van der Waals surface area contributed by atoms with Gasteiger partial charge in [-0.1, -0.05) is 11.3 Å². The fourth-order valence-electron chi connectivity index (χ4n) is 3.52. The molecule has 0 saturated carbocycles. The van der Waals surface area contributed by atoms with Crippen molar-refractivity contribution in [1.29, 1.82) is 0 Å². The summed E-state index contributed by atoms with van der Waals surface area (Å²) >= 11 is 0. The topological polar surface area (TPSA) is 54.0 Å². The first-order valence-electron chi connectivity index (χ1n) is 8.18. The molecule has 1 amide bonds. The van der Waals surface area contributed by atoms with Gasteiger partial charge in [0.25, 0.3) is 5.91 Å². The Morgan fingerprint density at radius 2 is 2.17 bits per heavy atom. The molecule has 1 aromatic carbocycles. The highest BCUT2D eigenvalue weighted by molar-refractivity contribution is 5.94. The SMILES string of the molecule is O=C(N[C@H]1CN2CCC1CC2)c1cccc(ON2C=CCO2)c1. The van der Waals surface area contributed by atoms with E-state index in [0.717, 1.165) is 6.54 Å². The van der Waals surface area contributed by atoms with Crippen molar-refractivity contribution in [2.75, 3.05) is 26.2 Å². The number of benzene rings is 1. The summed E-state index contributed by atoms with van der Waals surface area (Å²) in [5.74, 6) is 1.16. The van der Waals surface area contributed by atoms with E-state index in [2.05, 4.69) is 10.2 Å². The highest BCUT2D eigenvalue weighted by atomic mass is 17.0. The molecule has 0 spiro atoms. The largest absolute Gasteiger partial charge is 0.354 e. The van der Waals surface area contributed by atoms with Crippen LogP contribution in [0, 0.1) is 5.92 Å². The van der Waals surface area contributed by atoms with Crippen molar-refractivity contribution in [2.24, 2.45) is 5.92 Å². The van der Waals surface area contributed by atoms with Gasteiger partial charge in [0.15, 0.2) is 5.75 Å². The molecule has 23 heavy (non-hydrogen) atoms. The molecular formula is C17H21N3O3. The minimum Gasteiger partial charge on any atom is -0.354 e. The number of hydrogen-bond donors (Lipinski definition) is 1. The normalized spacial score (nSPS) is 28.9. The molecule has 5 rings (SSSR count). The standard InChI is InChI=1S/C17H21N3O3/c21-17(18-16-12-19-8-5-13(16)6-9-19)14-3-1-4-15(11-14)23-20-7-2-10-22-20/h1-4,7,11,13,16H,5-6,8-10,12H2,(H,18,21)/t16-/m0/s1. The van der Waals surface area contributed by atoms with E-state index in [9.17, 15) is 4.79 Å². The van der Waals surface area contributed by atoms with E-state index in [1.807, 2.05) is 18.2 Å². The van der Waals surface area contributed by atoms with Crippen molar-refractivity contribution in [3.8, 4) is 5.75 Å². The highest BCUT2D eigenvalue weighted by Crippen LogP contribution is 2.27. The molecule has 4 heterocycles. The van der Waals surface area contributed by atoms with Crippen LogP contribution in [-0.2, 0) is 4.84 Å². The summed E-state index contributed by atoms with van der Waals surface area (Å²) in [7, 11) is 0. The zero-order chi connectivity index (χ0) is 15.6. The highest BCUT2D eigenvalue weighted by Gasteiger charge is 2.34. The summed E-state index contributed by atoms with van der Waals surface area (Å²) in [4.78, 5) is 25.7. The Bertz CT molecular complexity index is 611. The summed E-state index contributed by atoms with van der Waals surface area (Å²) in [5.41, 5.74) is 0.613. The van der Waals surface area contributed by atoms with Gasteiger partial charge in [0.05, 0.1) is 12.8 Å². The van der Waals surface area contributed by atoms with Crippen molar-refractivity contribution in [1.82, 2.24) is 15.4 Å². The van der Waals surface area contributed by atoms with Crippen LogP contribution in [0.2, 0.25) is 0 Å². The zero-order valence-electron chi connectivity index (χ0n) is 13.0. The lowest BCUT2D eigenvalue weighted by Crippen LogP contribution is -2.57. The second-order valence-corrected chi connectivity index (χ2v) is 6.30. The number of hydroxylamine groups is 2. The molecule has 0 aromatic heterocycles. The maximum absolute atomic E-state index is 12.5. The van der Waals surface area contributed by atoms with E-state index in [1.54, 1.807) is 18.3 Å². The summed E-state index contributed by atoms with van der Waals surface area (Å²) < 4.78 is 0. The number of rotatable bonds is 4. The Morgan fingerprint density at radius 3 is 2.87 bits per heavy atom. The fourth-order valence-corrected chi connectivity index (χ4v) is 3.52. The van der Waals surface area contributed by atoms with Crippen LogP contribution in [-0.4, -0.2) is 48.3 Å². The Labute approximate surface area is 135 Å². The lowest BCUT2D eigenvalue weighted by atomic mass is 9.84. The molecule has 122 valence electrons. The van der Waals surface area contributed by atoms with Crippen LogP contribution in [0.15, 0.2) is 36.5 Å². The number of nitrogens with zero attached hydrogens (tertiary/aromatic N) is 2. The van der Waals surface area contributed by atoms with Crippen LogP contribution in [0.4, 0.5) is 0 Å². The maximum Gasteiger partial charge on any atom is 0.251 e. The third kappa shape index (κ3) is 3.18. The average Bonchev–Trinajstić information content (AvgIpc) is 3.09. The number of piperidine rings is 3. The molecular weight excluding hydrogens is 294 g/mol. The number of carbonyl (C=O) groups excluding carboxylic acids is 1. The Hall–Kier alpha value is -2.05. The van der Waals surface area contributed by atoms with E-state index in [0.29, 0.717) is 23.8 Å². The molecule has 4 aliphatic rings. The van der Waals surface area contributed by atoms with Crippen LogP contribution in [0.25, 0.3) is 0 Å². The van der Waals surface area contributed by atoms with Gasteiger partial charge in [-0.05, 0) is 56.1 Å². The molecule has 0 aliphatic carbocycles. The number of carbonyl (C=O) groups is 1. The molecule has 4 aliphatic heterocycles. The van der Waals surface area contributed by atoms with Crippen LogP contribution in [0.1, 0.15) is 23.2 Å². The van der Waals surface area contributed by atoms with Crippen molar-refractivity contribution in [2.45, 2.75) is 18.9 Å². The minimum absolute atomic E-state index is 0.0351. The Morgan fingerprint density at radius 1 is 1.30 bits per heavy atom. The van der Waals surface area contributed by atoms with Crippen LogP contribution < -0.4 is 10.2 Å². The molecule has 0 radical (unpaired) electrons. The molecule has 6 nitrogen and oxygen atoms in total. The molecule has 1 N–H and O–H groups in total. The third-order valence-electron chi connectivity index (χ3n) is 4.79. The predicted molar refractivity (Wildman–Crippen MR) is 84.4 cm³/mol. The second-order valence-electron chi connectivity index (χ2n) is 6.30. The van der Waals surface area contributed by atoms with Gasteiger partial charge in [-0.25, -0.2) is 4.84 Å². The first kappa shape index (κ1) is 14.5. The van der Waals surface area contributed by atoms with Gasteiger partial charge in [0.1, 0.15) is 0 Å². The van der Waals surface area contributed by atoms with Gasteiger partial charge in [-0.3, -0.25) is 4.79 Å². The molecule has 0 unspecified atom stereocenters. The molecule has 2 bridgehead atoms. The van der Waals surface area contributed by atoms with Gasteiger partial charge in [0.2, 0.25) is 0 Å². The summed E-state index contributed by atoms with van der Waals surface area (Å²) in [5, 5.41) is 4.49. The van der Waals surface area contributed by atoms with Crippen molar-refractivity contribution in [3.05, 3.63) is 42.1 Å². The zero-order valence-corrected chi connectivity index (χ0v) is 13.0. The Balaban J connectivity index is 1.40. The van der Waals surface area contributed by atoms with E-state index in [4.69, 9.17) is 9.68 Å². The number of fused-ring (bicyclic) bond motifs is 3. The van der Waals surface area contributed by atoms with Crippen LogP contribution >= 0.6 is 0 Å². The molecule has 1 atom stereocenters. The molecule has 1 aromatic rings. The van der Waals surface area contributed by atoms with Crippen LogP contribution in [0.3, 0.4) is 0 Å². The molecule has 3 saturated heterocycles. The summed E-state index contributed by atoms with van der Waals surface area (Å²) in [6.07, 6.45) is 5.93. The monoisotopic (exact) mass is 315 g/mol. The maximum atomic E-state index is 12.5. The van der Waals surface area contributed by atoms with Gasteiger partial charge in [0, 0.05) is 18.2 Å². The van der Waals surface area contributed by atoms with E-state index in [1.165, 1.54) is 31.2 Å². The quantitative estimate of drug-likeness (QED) is 0.914. The number of nitrogens with one attached hydrogen (secondary N) is 1. The summed E-state index contributed by atoms with van der Waals surface area (Å²) in [6, 6.07) is 7.44. The third-order valence-corrected chi connectivity index (χ3v) is 4.79. The second kappa shape index (κ2) is 6.22. The molecule has 6 heteroatoms. The first-order chi connectivity index (χ1) is 11.3. The summed E-state index contributed by atoms with van der Waals surface area (Å²) in [6.45, 7) is 3.81. The van der Waals surface area contributed by atoms with Crippen molar-refractivity contribution < 1.29 is 14.5 Å².